The molecule has 4 aromatic rings. The van der Waals surface area contributed by atoms with E-state index in [1.54, 1.807) is 16.8 Å². The van der Waals surface area contributed by atoms with Crippen LogP contribution < -0.4 is 5.32 Å². The van der Waals surface area contributed by atoms with Crippen molar-refractivity contribution in [3.63, 3.8) is 0 Å². The van der Waals surface area contributed by atoms with Gasteiger partial charge in [0.15, 0.2) is 5.82 Å². The van der Waals surface area contributed by atoms with Crippen LogP contribution in [0.15, 0.2) is 66.7 Å². The lowest BCUT2D eigenvalue weighted by Gasteiger charge is -2.07. The predicted octanol–water partition coefficient (Wildman–Crippen LogP) is 5.77. The second-order valence-electron chi connectivity index (χ2n) is 7.29. The van der Waals surface area contributed by atoms with E-state index >= 15 is 0 Å². The number of halogens is 1. The van der Waals surface area contributed by atoms with Gasteiger partial charge in [0.2, 0.25) is 5.82 Å². The van der Waals surface area contributed by atoms with Gasteiger partial charge in [-0.15, -0.1) is 5.10 Å². The van der Waals surface area contributed by atoms with Gasteiger partial charge in [-0.1, -0.05) is 41.4 Å². The number of aryl methyl sites for hydroxylation is 3. The Morgan fingerprint density at radius 3 is 2.37 bits per heavy atom. The van der Waals surface area contributed by atoms with E-state index in [1.807, 2.05) is 75.4 Å². The van der Waals surface area contributed by atoms with Crippen LogP contribution in [0, 0.1) is 20.8 Å². The Labute approximate surface area is 180 Å². The minimum absolute atomic E-state index is 0.0985. The number of benzene rings is 3. The molecule has 3 aromatic carbocycles. The predicted molar refractivity (Wildman–Crippen MR) is 120 cm³/mol. The molecule has 0 saturated heterocycles. The zero-order chi connectivity index (χ0) is 21.3. The molecular weight excluding hydrogens is 396 g/mol. The molecule has 0 fully saturated rings. The molecular formula is C24H21ClN4O. The molecule has 0 atom stereocenters. The largest absolute Gasteiger partial charge is 0.319 e. The van der Waals surface area contributed by atoms with Crippen LogP contribution in [0.4, 0.5) is 5.69 Å². The topological polar surface area (TPSA) is 59.8 Å². The summed E-state index contributed by atoms with van der Waals surface area (Å²) in [6.45, 7) is 5.98. The molecule has 0 aliphatic carbocycles. The van der Waals surface area contributed by atoms with Gasteiger partial charge in [0.25, 0.3) is 5.91 Å². The van der Waals surface area contributed by atoms with Crippen LogP contribution in [0.3, 0.4) is 0 Å². The second-order valence-corrected chi connectivity index (χ2v) is 7.73. The maximum Gasteiger partial charge on any atom is 0.295 e. The SMILES string of the molecule is Cc1cccc(-n2nc(C(=O)Nc3ccc(C)cc3C)nc2-c2ccc(Cl)cc2)c1. The van der Waals surface area contributed by atoms with Crippen LogP contribution in [-0.2, 0) is 0 Å². The van der Waals surface area contributed by atoms with E-state index in [0.717, 1.165) is 33.6 Å². The molecule has 0 aliphatic rings. The molecule has 0 spiro atoms. The smallest absolute Gasteiger partial charge is 0.295 e. The molecule has 0 bridgehead atoms. The molecule has 1 aromatic heterocycles. The van der Waals surface area contributed by atoms with E-state index in [9.17, 15) is 4.79 Å². The van der Waals surface area contributed by atoms with Crippen molar-refractivity contribution in [2.45, 2.75) is 20.8 Å². The summed E-state index contributed by atoms with van der Waals surface area (Å²) in [4.78, 5) is 17.5. The van der Waals surface area contributed by atoms with Crippen molar-refractivity contribution in [2.24, 2.45) is 0 Å². The third kappa shape index (κ3) is 4.11. The molecule has 0 radical (unpaired) electrons. The zero-order valence-corrected chi connectivity index (χ0v) is 17.7. The number of rotatable bonds is 4. The lowest BCUT2D eigenvalue weighted by molar-refractivity contribution is 0.101. The fraction of sp³-hybridized carbons (Fsp3) is 0.125. The van der Waals surface area contributed by atoms with Crippen molar-refractivity contribution in [3.05, 3.63) is 94.3 Å². The van der Waals surface area contributed by atoms with Gasteiger partial charge in [0, 0.05) is 16.3 Å². The highest BCUT2D eigenvalue weighted by Crippen LogP contribution is 2.24. The number of aromatic nitrogens is 3. The summed E-state index contributed by atoms with van der Waals surface area (Å²) in [7, 11) is 0. The highest BCUT2D eigenvalue weighted by atomic mass is 35.5. The number of anilines is 1. The highest BCUT2D eigenvalue weighted by Gasteiger charge is 2.19. The normalized spacial score (nSPS) is 10.8. The van der Waals surface area contributed by atoms with E-state index in [2.05, 4.69) is 15.4 Å². The Morgan fingerprint density at radius 1 is 0.933 bits per heavy atom. The van der Waals surface area contributed by atoms with Gasteiger partial charge in [-0.2, -0.15) is 0 Å². The van der Waals surface area contributed by atoms with Crippen molar-refractivity contribution >= 4 is 23.2 Å². The third-order valence-electron chi connectivity index (χ3n) is 4.79. The maximum atomic E-state index is 12.9. The van der Waals surface area contributed by atoms with Gasteiger partial charge in [-0.3, -0.25) is 4.79 Å². The fourth-order valence-electron chi connectivity index (χ4n) is 3.27. The van der Waals surface area contributed by atoms with Crippen LogP contribution >= 0.6 is 11.6 Å². The lowest BCUT2D eigenvalue weighted by Crippen LogP contribution is -2.15. The fourth-order valence-corrected chi connectivity index (χ4v) is 3.39. The highest BCUT2D eigenvalue weighted by molar-refractivity contribution is 6.30. The first-order valence-corrected chi connectivity index (χ1v) is 9.97. The van der Waals surface area contributed by atoms with Crippen molar-refractivity contribution in [3.8, 4) is 17.1 Å². The number of carbonyl (C=O) groups excluding carboxylic acids is 1. The zero-order valence-electron chi connectivity index (χ0n) is 17.0. The van der Waals surface area contributed by atoms with Gasteiger partial charge in [-0.25, -0.2) is 9.67 Å². The van der Waals surface area contributed by atoms with Crippen molar-refractivity contribution in [1.29, 1.82) is 0 Å². The van der Waals surface area contributed by atoms with Crippen molar-refractivity contribution in [2.75, 3.05) is 5.32 Å². The summed E-state index contributed by atoms with van der Waals surface area (Å²) in [5.41, 5.74) is 5.60. The molecule has 5 nitrogen and oxygen atoms in total. The van der Waals surface area contributed by atoms with Gasteiger partial charge < -0.3 is 5.32 Å². The quantitative estimate of drug-likeness (QED) is 0.459. The van der Waals surface area contributed by atoms with E-state index < -0.39 is 0 Å². The first-order valence-electron chi connectivity index (χ1n) is 9.59. The number of hydrogen-bond acceptors (Lipinski definition) is 3. The minimum Gasteiger partial charge on any atom is -0.319 e. The first kappa shape index (κ1) is 19.9. The van der Waals surface area contributed by atoms with Crippen LogP contribution in [0.5, 0.6) is 0 Å². The standard InChI is InChI=1S/C24H21ClN4O/c1-15-5-4-6-20(14-15)29-23(18-8-10-19(25)11-9-18)27-22(28-29)24(30)26-21-12-7-16(2)13-17(21)3/h4-14H,1-3H3,(H,26,30). The van der Waals surface area contributed by atoms with Crippen LogP contribution in [-0.4, -0.2) is 20.7 Å². The molecule has 30 heavy (non-hydrogen) atoms. The molecule has 6 heteroatoms. The summed E-state index contributed by atoms with van der Waals surface area (Å²) in [5, 5.41) is 8.08. The molecule has 4 rings (SSSR count). The number of nitrogens with one attached hydrogen (secondary N) is 1. The Bertz CT molecular complexity index is 1230. The molecule has 0 aliphatic heterocycles. The average Bonchev–Trinajstić information content (AvgIpc) is 3.16. The summed E-state index contributed by atoms with van der Waals surface area (Å²) in [6, 6.07) is 21.1. The average molecular weight is 417 g/mol. The second kappa shape index (κ2) is 8.13. The minimum atomic E-state index is -0.358. The molecule has 1 N–H and O–H groups in total. The van der Waals surface area contributed by atoms with E-state index in [-0.39, 0.29) is 11.7 Å². The molecule has 1 heterocycles. The third-order valence-corrected chi connectivity index (χ3v) is 5.04. The van der Waals surface area contributed by atoms with Gasteiger partial charge in [0.1, 0.15) is 0 Å². The molecule has 0 saturated carbocycles. The van der Waals surface area contributed by atoms with Crippen molar-refractivity contribution < 1.29 is 4.79 Å². The monoisotopic (exact) mass is 416 g/mol. The molecule has 0 unspecified atom stereocenters. The lowest BCUT2D eigenvalue weighted by atomic mass is 10.1. The first-order chi connectivity index (χ1) is 14.4. The van der Waals surface area contributed by atoms with E-state index in [0.29, 0.717) is 10.8 Å². The van der Waals surface area contributed by atoms with Gasteiger partial charge >= 0.3 is 0 Å². The van der Waals surface area contributed by atoms with E-state index in [1.165, 1.54) is 0 Å². The van der Waals surface area contributed by atoms with Gasteiger partial charge in [0.05, 0.1) is 5.69 Å². The summed E-state index contributed by atoms with van der Waals surface area (Å²) >= 11 is 6.04. The van der Waals surface area contributed by atoms with Crippen LogP contribution in [0.2, 0.25) is 5.02 Å². The van der Waals surface area contributed by atoms with E-state index in [4.69, 9.17) is 11.6 Å². The summed E-state index contributed by atoms with van der Waals surface area (Å²) in [6.07, 6.45) is 0. The molecule has 150 valence electrons. The number of nitrogens with zero attached hydrogens (tertiary/aromatic N) is 3. The Kier molecular flexibility index (Phi) is 5.38. The number of amides is 1. The Balaban J connectivity index is 1.76. The summed E-state index contributed by atoms with van der Waals surface area (Å²) < 4.78 is 1.69. The van der Waals surface area contributed by atoms with Crippen LogP contribution in [0.1, 0.15) is 27.3 Å². The summed E-state index contributed by atoms with van der Waals surface area (Å²) in [5.74, 6) is 0.313. The molecule has 1 amide bonds. The van der Waals surface area contributed by atoms with Crippen LogP contribution in [0.25, 0.3) is 17.1 Å². The van der Waals surface area contributed by atoms with Gasteiger partial charge in [-0.05, 0) is 74.4 Å². The number of hydrogen-bond donors (Lipinski definition) is 1. The van der Waals surface area contributed by atoms with Crippen molar-refractivity contribution in [1.82, 2.24) is 14.8 Å². The Hall–Kier alpha value is -3.44. The maximum absolute atomic E-state index is 12.9. The Morgan fingerprint density at radius 2 is 1.67 bits per heavy atom. The number of carbonyl (C=O) groups is 1.